The fourth-order valence-corrected chi connectivity index (χ4v) is 12.5. The Kier molecular flexibility index (Phi) is 27.8. The molecule has 1 aromatic heterocycles. The van der Waals surface area contributed by atoms with Crippen LogP contribution in [0.5, 0.6) is 0 Å². The number of para-hydroxylation sites is 1. The number of nitrogens with one attached hydrogen (secondary N) is 15. The summed E-state index contributed by atoms with van der Waals surface area (Å²) in [5, 5.41) is 54.4. The third-order valence-corrected chi connectivity index (χ3v) is 17.9. The predicted molar refractivity (Wildman–Crippen MR) is 376 cm³/mol. The number of hydrogen-bond acceptors (Lipinski definition) is 15. The number of nitrogens with two attached hydrogens (primary N) is 1. The number of fused-ring (bicyclic) bond motifs is 6. The van der Waals surface area contributed by atoms with Crippen molar-refractivity contribution in [3.05, 3.63) is 119 Å². The van der Waals surface area contributed by atoms with Gasteiger partial charge < -0.3 is 89.8 Å². The van der Waals surface area contributed by atoms with Crippen LogP contribution in [0.4, 0.5) is 0 Å². The van der Waals surface area contributed by atoms with Crippen molar-refractivity contribution in [1.82, 2.24) is 79.0 Å². The molecule has 3 aliphatic rings. The molecule has 0 aliphatic carbocycles. The van der Waals surface area contributed by atoms with Gasteiger partial charge in [-0.25, -0.2) is 4.79 Å². The van der Waals surface area contributed by atoms with Gasteiger partial charge >= 0.3 is 5.97 Å². The summed E-state index contributed by atoms with van der Waals surface area (Å²) in [6.45, 7) is 2.77. The first kappa shape index (κ1) is 77.6. The Morgan fingerprint density at radius 3 is 1.92 bits per heavy atom. The molecule has 0 radical (unpaired) electrons. The number of amides is 13. The number of carboxylic acids is 1. The average molecular weight is 1440 g/mol. The molecule has 18 N–H and O–H groups in total. The largest absolute Gasteiger partial charge is 0.480 e. The highest BCUT2D eigenvalue weighted by molar-refractivity contribution is 6.30. The van der Waals surface area contributed by atoms with Gasteiger partial charge in [0.05, 0.1) is 6.42 Å². The maximum atomic E-state index is 15.4. The van der Waals surface area contributed by atoms with Crippen molar-refractivity contribution in [3.63, 3.8) is 0 Å². The highest BCUT2D eigenvalue weighted by Crippen LogP contribution is 2.24. The Bertz CT molecular complexity index is 4000. The standard InChI is InChI=1S/C70H88ClN17O15/c1-37(2)28-49-61(94)80-48(14-8-25-75-70(72)73)68(101)88-27-9-15-56(88)67(100)87-55(69(102)103)36-78-59(92)33-53-65(98)86-54(66(99)83-51(63(96)81-49)31-40-16-19-41-10-4-5-11-42(41)29-40)35-77-58(91)24-26-74-57(90)23-22-47(79-38(3)89)60(93)82-50(30-39-17-20-44(71)21-18-39)62(95)84-52(64(97)85-53)32-43-34-76-46-13-7-6-12-45(43)46/h4-7,10-13,16-21,29,34,37,47-56,76H,8-9,14-15,22-28,30-33,35-36H2,1-3H3,(H,74,90)(H,77,91)(H,78,92)(H,79,89)(H,80,94)(H,81,96)(H,82,93)(H,83,99)(H,84,95)(H,85,97)(H,86,98)(H,87,100)(H,102,103)(H4,72,73,75)/t47-,48-,49-,50+,51+,52+,53-,54-,55-,56-/m0/s1. The number of carboxylic acid groups (broad SMARTS) is 1. The molecule has 4 aromatic carbocycles. The first-order valence-corrected chi connectivity index (χ1v) is 34.4. The third kappa shape index (κ3) is 22.9. The van der Waals surface area contributed by atoms with E-state index in [1.165, 1.54) is 17.0 Å². The van der Waals surface area contributed by atoms with Crippen molar-refractivity contribution in [2.75, 3.05) is 32.7 Å². The lowest BCUT2D eigenvalue weighted by molar-refractivity contribution is -0.145. The fourth-order valence-electron chi connectivity index (χ4n) is 12.4. The highest BCUT2D eigenvalue weighted by atomic mass is 35.5. The van der Waals surface area contributed by atoms with Crippen molar-refractivity contribution >= 4 is 122 Å². The molecular weight excluding hydrogens is 1350 g/mol. The van der Waals surface area contributed by atoms with Crippen molar-refractivity contribution in [1.29, 1.82) is 5.41 Å². The zero-order valence-electron chi connectivity index (χ0n) is 57.2. The van der Waals surface area contributed by atoms with Gasteiger partial charge in [-0.15, -0.1) is 0 Å². The second kappa shape index (κ2) is 36.9. The summed E-state index contributed by atoms with van der Waals surface area (Å²) in [5.41, 5.74) is 7.55. The van der Waals surface area contributed by atoms with Gasteiger partial charge in [-0.1, -0.05) is 98.2 Å². The summed E-state index contributed by atoms with van der Waals surface area (Å²) in [4.78, 5) is 206. The molecule has 0 unspecified atom stereocenters. The molecule has 3 aliphatic heterocycles. The minimum absolute atomic E-state index is 0.0168. The SMILES string of the molecule is CC(=O)N[C@H]1CCC(=O)NCCC(=O)NC[C@@H]2NC(=O)[C@H](CC(=O)NC[C@@H](C(=O)O)NC(=O)[C@@H]3CCCN3C(=O)[C@H](CCCNC(=N)N)NC(=O)[C@H](CC(C)C)NC(=O)[C@@H](Cc3ccc4ccccc4c3)NC2=O)NC(=O)[C@@H](Cc2c[nH]c3ccccc23)NC(=O)[C@@H](Cc2ccc(Cl)cc2)NC1=O. The minimum atomic E-state index is -2.09. The van der Waals surface area contributed by atoms with Crippen LogP contribution in [-0.2, 0) is 86.4 Å². The number of guanidine groups is 1. The molecule has 2 bridgehead atoms. The van der Waals surface area contributed by atoms with Gasteiger partial charge in [-0.05, 0) is 90.1 Å². The van der Waals surface area contributed by atoms with Crippen molar-refractivity contribution in [3.8, 4) is 0 Å². The Labute approximate surface area is 597 Å². The molecule has 13 amide bonds. The van der Waals surface area contributed by atoms with Crippen LogP contribution >= 0.6 is 11.6 Å². The molecule has 0 saturated carbocycles. The van der Waals surface area contributed by atoms with Crippen molar-refractivity contribution in [2.45, 2.75) is 158 Å². The molecule has 103 heavy (non-hydrogen) atoms. The zero-order chi connectivity index (χ0) is 74.4. The Morgan fingerprint density at radius 2 is 1.21 bits per heavy atom. The van der Waals surface area contributed by atoms with Gasteiger partial charge in [0.25, 0.3) is 0 Å². The summed E-state index contributed by atoms with van der Waals surface area (Å²) in [6, 6.07) is 9.38. The molecule has 10 atom stereocenters. The van der Waals surface area contributed by atoms with Gasteiger partial charge in [0, 0.05) is 93.9 Å². The molecule has 0 spiro atoms. The number of benzene rings is 4. The summed E-state index contributed by atoms with van der Waals surface area (Å²) >= 11 is 6.23. The van der Waals surface area contributed by atoms with E-state index in [0.29, 0.717) is 32.6 Å². The molecule has 4 heterocycles. The average Bonchev–Trinajstić information content (AvgIpc) is 1.82. The quantitative estimate of drug-likeness (QED) is 0.0349. The number of aromatic amines is 1. The predicted octanol–water partition coefficient (Wildman–Crippen LogP) is -1.29. The van der Waals surface area contributed by atoms with E-state index in [2.05, 4.69) is 74.1 Å². The maximum absolute atomic E-state index is 15.4. The van der Waals surface area contributed by atoms with Gasteiger partial charge in [0.2, 0.25) is 76.8 Å². The Morgan fingerprint density at radius 1 is 0.621 bits per heavy atom. The van der Waals surface area contributed by atoms with E-state index in [9.17, 15) is 48.3 Å². The van der Waals surface area contributed by atoms with Gasteiger partial charge in [0.15, 0.2) is 5.96 Å². The van der Waals surface area contributed by atoms with Crippen LogP contribution in [-0.4, -0.2) is 197 Å². The summed E-state index contributed by atoms with van der Waals surface area (Å²) in [5.74, 6) is -14.6. The third-order valence-electron chi connectivity index (χ3n) is 17.7. The summed E-state index contributed by atoms with van der Waals surface area (Å²) in [6.07, 6.45) is -1.22. The number of H-pyrrole nitrogens is 1. The second-order valence-electron chi connectivity index (χ2n) is 26.1. The van der Waals surface area contributed by atoms with Crippen LogP contribution in [0, 0.1) is 11.3 Å². The van der Waals surface area contributed by atoms with E-state index in [1.807, 2.05) is 18.2 Å². The lowest BCUT2D eigenvalue weighted by Crippen LogP contribution is -2.62. The van der Waals surface area contributed by atoms with E-state index in [-0.39, 0.29) is 95.7 Å². The maximum Gasteiger partial charge on any atom is 0.328 e. The monoisotopic (exact) mass is 1440 g/mol. The normalized spacial score (nSPS) is 24.0. The van der Waals surface area contributed by atoms with Gasteiger partial charge in [-0.3, -0.25) is 67.7 Å². The number of aromatic nitrogens is 1. The lowest BCUT2D eigenvalue weighted by atomic mass is 9.98. The smallest absolute Gasteiger partial charge is 0.328 e. The number of aliphatic carboxylic acids is 1. The number of rotatable bonds is 14. The molecular formula is C70H88ClN17O15. The number of nitrogens with zero attached hydrogens (tertiary/aromatic N) is 1. The van der Waals surface area contributed by atoms with E-state index in [0.717, 1.165) is 17.7 Å². The summed E-state index contributed by atoms with van der Waals surface area (Å²) in [7, 11) is 0. The first-order chi connectivity index (χ1) is 49.2. The number of carbonyl (C=O) groups excluding carboxylic acids is 13. The molecule has 3 saturated heterocycles. The topological polar surface area (TPSA) is 484 Å². The minimum Gasteiger partial charge on any atom is -0.480 e. The van der Waals surface area contributed by atoms with Gasteiger partial charge in [-0.2, -0.15) is 0 Å². The number of hydrogen-bond donors (Lipinski definition) is 17. The van der Waals surface area contributed by atoms with Crippen molar-refractivity contribution in [2.24, 2.45) is 11.7 Å². The summed E-state index contributed by atoms with van der Waals surface area (Å²) < 4.78 is 0. The first-order valence-electron chi connectivity index (χ1n) is 34.1. The van der Waals surface area contributed by atoms with Crippen LogP contribution in [0.15, 0.2) is 97.2 Å². The van der Waals surface area contributed by atoms with Crippen LogP contribution in [0.3, 0.4) is 0 Å². The highest BCUT2D eigenvalue weighted by Gasteiger charge is 2.41. The van der Waals surface area contributed by atoms with Crippen LogP contribution in [0.25, 0.3) is 21.7 Å². The van der Waals surface area contributed by atoms with E-state index < -0.39 is 169 Å². The lowest BCUT2D eigenvalue weighted by Gasteiger charge is -2.31. The zero-order valence-corrected chi connectivity index (χ0v) is 57.9. The van der Waals surface area contributed by atoms with Crippen LogP contribution in [0.2, 0.25) is 5.02 Å². The molecule has 8 rings (SSSR count). The second-order valence-corrected chi connectivity index (χ2v) is 26.5. The van der Waals surface area contributed by atoms with Crippen molar-refractivity contribution < 1.29 is 72.2 Å². The molecule has 32 nitrogen and oxygen atoms in total. The van der Waals surface area contributed by atoms with Crippen LogP contribution < -0.4 is 74.9 Å². The van der Waals surface area contributed by atoms with E-state index in [4.69, 9.17) is 22.7 Å². The molecule has 3 fully saturated rings. The molecule has 5 aromatic rings. The van der Waals surface area contributed by atoms with E-state index in [1.54, 1.807) is 80.7 Å². The Hall–Kier alpha value is -11.2. The molecule has 550 valence electrons. The molecule has 33 heteroatoms. The number of carbonyl (C=O) groups is 14. The van der Waals surface area contributed by atoms with Crippen LogP contribution in [0.1, 0.15) is 95.2 Å². The van der Waals surface area contributed by atoms with Gasteiger partial charge in [0.1, 0.15) is 60.4 Å². The fraction of sp³-hybridized carbons (Fsp3) is 0.443. The van der Waals surface area contributed by atoms with E-state index >= 15 is 24.0 Å². The number of halogens is 1. The Balaban J connectivity index is 1.23.